The fourth-order valence-corrected chi connectivity index (χ4v) is 3.93. The summed E-state index contributed by atoms with van der Waals surface area (Å²) in [7, 11) is -2.26. The minimum Gasteiger partial charge on any atom is -0.497 e. The molecule has 0 saturated carbocycles. The lowest BCUT2D eigenvalue weighted by Gasteiger charge is -2.11. The van der Waals surface area contributed by atoms with Crippen LogP contribution < -0.4 is 19.5 Å². The molecule has 1 amide bonds. The molecule has 0 aromatic heterocycles. The molecule has 3 aromatic carbocycles. The van der Waals surface area contributed by atoms with Gasteiger partial charge in [-0.05, 0) is 60.7 Å². The van der Waals surface area contributed by atoms with Gasteiger partial charge in [-0.2, -0.15) is 0 Å². The van der Waals surface area contributed by atoms with E-state index in [0.29, 0.717) is 27.9 Å². The van der Waals surface area contributed by atoms with Gasteiger partial charge in [-0.3, -0.25) is 9.52 Å². The molecule has 2 N–H and O–H groups in total. The molecule has 0 aliphatic rings. The van der Waals surface area contributed by atoms with Gasteiger partial charge in [0.1, 0.15) is 11.5 Å². The molecule has 162 valence electrons. The summed E-state index contributed by atoms with van der Waals surface area (Å²) in [6.45, 7) is -0.293. The number of anilines is 2. The maximum atomic E-state index is 12.5. The van der Waals surface area contributed by atoms with Crippen molar-refractivity contribution in [1.82, 2.24) is 0 Å². The van der Waals surface area contributed by atoms with Gasteiger partial charge in [0.05, 0.1) is 27.7 Å². The van der Waals surface area contributed by atoms with Gasteiger partial charge in [-0.25, -0.2) is 8.42 Å². The molecule has 0 bridgehead atoms. The number of ether oxygens (including phenoxy) is 2. The van der Waals surface area contributed by atoms with Gasteiger partial charge in [0, 0.05) is 5.69 Å². The quantitative estimate of drug-likeness (QED) is 0.481. The summed E-state index contributed by atoms with van der Waals surface area (Å²) in [6.07, 6.45) is 0. The molecule has 0 atom stereocenters. The van der Waals surface area contributed by atoms with E-state index >= 15 is 0 Å². The number of nitrogens with one attached hydrogen (secondary N) is 2. The van der Waals surface area contributed by atoms with Gasteiger partial charge in [-0.1, -0.05) is 29.3 Å². The number of halogens is 2. The van der Waals surface area contributed by atoms with Crippen molar-refractivity contribution < 1.29 is 22.7 Å². The molecule has 0 aliphatic heterocycles. The number of rotatable bonds is 8. The number of hydrogen-bond acceptors (Lipinski definition) is 5. The molecule has 0 saturated heterocycles. The molecular formula is C21H18Cl2N2O5S. The van der Waals surface area contributed by atoms with Gasteiger partial charge in [-0.15, -0.1) is 0 Å². The summed E-state index contributed by atoms with van der Waals surface area (Å²) >= 11 is 11.9. The summed E-state index contributed by atoms with van der Waals surface area (Å²) in [5.41, 5.74) is 0.770. The molecule has 31 heavy (non-hydrogen) atoms. The number of sulfonamides is 1. The van der Waals surface area contributed by atoms with Crippen LogP contribution >= 0.6 is 23.2 Å². The van der Waals surface area contributed by atoms with Gasteiger partial charge >= 0.3 is 0 Å². The maximum absolute atomic E-state index is 12.5. The molecule has 0 fully saturated rings. The van der Waals surface area contributed by atoms with E-state index in [-0.39, 0.29) is 16.5 Å². The first-order valence-corrected chi connectivity index (χ1v) is 11.2. The summed E-state index contributed by atoms with van der Waals surface area (Å²) < 4.78 is 38.0. The van der Waals surface area contributed by atoms with Crippen molar-refractivity contribution in [2.24, 2.45) is 0 Å². The first kappa shape index (κ1) is 22.7. The highest BCUT2D eigenvalue weighted by Gasteiger charge is 2.15. The zero-order valence-electron chi connectivity index (χ0n) is 16.3. The molecule has 3 rings (SSSR count). The van der Waals surface area contributed by atoms with Crippen LogP contribution in [-0.2, 0) is 14.8 Å². The zero-order valence-corrected chi connectivity index (χ0v) is 18.6. The maximum Gasteiger partial charge on any atom is 0.262 e. The Kier molecular flexibility index (Phi) is 7.27. The zero-order chi connectivity index (χ0) is 22.4. The van der Waals surface area contributed by atoms with E-state index in [1.165, 1.54) is 31.4 Å². The molecule has 0 unspecified atom stereocenters. The third kappa shape index (κ3) is 6.04. The highest BCUT2D eigenvalue weighted by molar-refractivity contribution is 7.92. The smallest absolute Gasteiger partial charge is 0.262 e. The van der Waals surface area contributed by atoms with E-state index in [4.69, 9.17) is 32.7 Å². The van der Waals surface area contributed by atoms with Gasteiger partial charge in [0.25, 0.3) is 15.9 Å². The fraction of sp³-hybridized carbons (Fsp3) is 0.0952. The Morgan fingerprint density at radius 1 is 0.935 bits per heavy atom. The van der Waals surface area contributed by atoms with Crippen LogP contribution in [-0.4, -0.2) is 28.0 Å². The van der Waals surface area contributed by atoms with Crippen LogP contribution in [0.15, 0.2) is 71.6 Å². The number of benzene rings is 3. The largest absolute Gasteiger partial charge is 0.497 e. The molecule has 0 spiro atoms. The highest BCUT2D eigenvalue weighted by atomic mass is 35.5. The second-order valence-electron chi connectivity index (χ2n) is 6.24. The Morgan fingerprint density at radius 3 is 2.23 bits per heavy atom. The Balaban J connectivity index is 1.58. The SMILES string of the molecule is COc1ccc(NS(=O)(=O)c2ccc(OCC(=O)Nc3cccc(Cl)c3Cl)cc2)cc1. The normalized spacial score (nSPS) is 10.9. The Labute approximate surface area is 189 Å². The molecule has 7 nitrogen and oxygen atoms in total. The Hall–Kier alpha value is -2.94. The van der Waals surface area contributed by atoms with Crippen molar-refractivity contribution in [2.45, 2.75) is 4.90 Å². The van der Waals surface area contributed by atoms with Crippen LogP contribution in [0.25, 0.3) is 0 Å². The topological polar surface area (TPSA) is 93.7 Å². The van der Waals surface area contributed by atoms with E-state index in [1.54, 1.807) is 42.5 Å². The lowest BCUT2D eigenvalue weighted by Crippen LogP contribution is -2.20. The van der Waals surface area contributed by atoms with E-state index in [9.17, 15) is 13.2 Å². The number of carbonyl (C=O) groups excluding carboxylic acids is 1. The third-order valence-electron chi connectivity index (χ3n) is 4.07. The first-order chi connectivity index (χ1) is 14.8. The molecule has 3 aromatic rings. The van der Waals surface area contributed by atoms with Crippen LogP contribution in [0.4, 0.5) is 11.4 Å². The third-order valence-corrected chi connectivity index (χ3v) is 6.29. The predicted octanol–water partition coefficient (Wildman–Crippen LogP) is 4.82. The highest BCUT2D eigenvalue weighted by Crippen LogP contribution is 2.29. The minimum atomic E-state index is -3.78. The summed E-state index contributed by atoms with van der Waals surface area (Å²) in [5, 5.41) is 3.15. The van der Waals surface area contributed by atoms with Crippen molar-refractivity contribution >= 4 is 50.5 Å². The number of carbonyl (C=O) groups is 1. The first-order valence-electron chi connectivity index (χ1n) is 8.92. The molecule has 0 radical (unpaired) electrons. The average molecular weight is 481 g/mol. The lowest BCUT2D eigenvalue weighted by atomic mass is 10.3. The Bertz CT molecular complexity index is 1170. The predicted molar refractivity (Wildman–Crippen MR) is 121 cm³/mol. The van der Waals surface area contributed by atoms with Gasteiger partial charge in [0.2, 0.25) is 0 Å². The summed E-state index contributed by atoms with van der Waals surface area (Å²) in [4.78, 5) is 12.1. The van der Waals surface area contributed by atoms with Crippen LogP contribution in [0.3, 0.4) is 0 Å². The van der Waals surface area contributed by atoms with Crippen molar-refractivity contribution in [2.75, 3.05) is 23.8 Å². The number of hydrogen-bond donors (Lipinski definition) is 2. The van der Waals surface area contributed by atoms with Crippen molar-refractivity contribution in [3.8, 4) is 11.5 Å². The van der Waals surface area contributed by atoms with E-state index < -0.39 is 15.9 Å². The van der Waals surface area contributed by atoms with E-state index in [0.717, 1.165) is 0 Å². The molecular weight excluding hydrogens is 463 g/mol. The van der Waals surface area contributed by atoms with Crippen LogP contribution in [0.5, 0.6) is 11.5 Å². The van der Waals surface area contributed by atoms with E-state index in [1.807, 2.05) is 0 Å². The van der Waals surface area contributed by atoms with Crippen LogP contribution in [0.1, 0.15) is 0 Å². The molecule has 10 heteroatoms. The average Bonchev–Trinajstić information content (AvgIpc) is 2.76. The second-order valence-corrected chi connectivity index (χ2v) is 8.71. The summed E-state index contributed by atoms with van der Waals surface area (Å²) in [5.74, 6) is 0.504. The second kappa shape index (κ2) is 9.91. The van der Waals surface area contributed by atoms with Gasteiger partial charge in [0.15, 0.2) is 6.61 Å². The van der Waals surface area contributed by atoms with Crippen molar-refractivity contribution in [3.05, 3.63) is 76.8 Å². The van der Waals surface area contributed by atoms with E-state index in [2.05, 4.69) is 10.0 Å². The van der Waals surface area contributed by atoms with Crippen LogP contribution in [0, 0.1) is 0 Å². The fourth-order valence-electron chi connectivity index (χ4n) is 2.52. The molecule has 0 heterocycles. The van der Waals surface area contributed by atoms with Gasteiger partial charge < -0.3 is 14.8 Å². The number of methoxy groups -OCH3 is 1. The van der Waals surface area contributed by atoms with Crippen molar-refractivity contribution in [3.63, 3.8) is 0 Å². The number of amides is 1. The minimum absolute atomic E-state index is 0.0471. The summed E-state index contributed by atoms with van der Waals surface area (Å²) in [6, 6.07) is 17.1. The standard InChI is InChI=1S/C21H18Cl2N2O5S/c1-29-15-7-5-14(6-8-15)25-31(27,28)17-11-9-16(10-12-17)30-13-20(26)24-19-4-2-3-18(22)21(19)23/h2-12,25H,13H2,1H3,(H,24,26). The molecule has 0 aliphatic carbocycles. The monoisotopic (exact) mass is 480 g/mol. The van der Waals surface area contributed by atoms with Crippen LogP contribution in [0.2, 0.25) is 10.0 Å². The van der Waals surface area contributed by atoms with Crippen molar-refractivity contribution in [1.29, 1.82) is 0 Å². The lowest BCUT2D eigenvalue weighted by molar-refractivity contribution is -0.118. The Morgan fingerprint density at radius 2 is 1.58 bits per heavy atom.